The van der Waals surface area contributed by atoms with Gasteiger partial charge in [0.15, 0.2) is 0 Å². The minimum atomic E-state index is -1.06. The van der Waals surface area contributed by atoms with E-state index in [0.717, 1.165) is 13.0 Å². The average molecular weight is 170 g/mol. The smallest absolute Gasteiger partial charge is 0.138 e. The first-order valence-corrected chi connectivity index (χ1v) is 3.33. The fourth-order valence-corrected chi connectivity index (χ4v) is 0.993. The normalized spacial score (nSPS) is 34.2. The predicted octanol–water partition coefficient (Wildman–Crippen LogP) is 0.491. The highest BCUT2D eigenvalue weighted by Gasteiger charge is 2.19. The molecule has 0 radical (unpaired) electrons. The molecule has 0 aromatic heterocycles. The minimum absolute atomic E-state index is 0. The van der Waals surface area contributed by atoms with Gasteiger partial charge in [0.2, 0.25) is 0 Å². The van der Waals surface area contributed by atoms with Crippen molar-refractivity contribution in [3.63, 3.8) is 0 Å². The molecule has 0 spiro atoms. The molecule has 62 valence electrons. The summed E-state index contributed by atoms with van der Waals surface area (Å²) in [5, 5.41) is 11.8. The Hall–Kier alpha value is 0.140. The van der Waals surface area contributed by atoms with E-state index in [2.05, 4.69) is 5.32 Å². The molecule has 4 heteroatoms. The number of alkyl halides is 1. The van der Waals surface area contributed by atoms with Crippen molar-refractivity contribution < 1.29 is 9.50 Å². The first-order chi connectivity index (χ1) is 4.30. The van der Waals surface area contributed by atoms with Crippen LogP contribution in [0.4, 0.5) is 4.39 Å². The zero-order valence-corrected chi connectivity index (χ0v) is 6.53. The number of halogens is 2. The van der Waals surface area contributed by atoms with Crippen LogP contribution in [0.5, 0.6) is 0 Å². The molecule has 0 aromatic rings. The third-order valence-electron chi connectivity index (χ3n) is 1.61. The van der Waals surface area contributed by atoms with Crippen LogP contribution in [0.2, 0.25) is 0 Å². The second-order valence-electron chi connectivity index (χ2n) is 2.43. The van der Waals surface area contributed by atoms with Crippen molar-refractivity contribution in [3.05, 3.63) is 0 Å². The zero-order chi connectivity index (χ0) is 6.69. The van der Waals surface area contributed by atoms with E-state index in [-0.39, 0.29) is 12.4 Å². The molecule has 1 aliphatic rings. The van der Waals surface area contributed by atoms with Crippen molar-refractivity contribution in [2.45, 2.75) is 25.1 Å². The van der Waals surface area contributed by atoms with Crippen LogP contribution in [0.25, 0.3) is 0 Å². The zero-order valence-electron chi connectivity index (χ0n) is 5.72. The predicted molar refractivity (Wildman–Crippen MR) is 40.3 cm³/mol. The summed E-state index contributed by atoms with van der Waals surface area (Å²) < 4.78 is 12.5. The van der Waals surface area contributed by atoms with Gasteiger partial charge in [-0.25, -0.2) is 4.39 Å². The van der Waals surface area contributed by atoms with Gasteiger partial charge in [0.25, 0.3) is 0 Å². The fraction of sp³-hybridized carbons (Fsp3) is 1.00. The van der Waals surface area contributed by atoms with Crippen LogP contribution < -0.4 is 5.32 Å². The van der Waals surface area contributed by atoms with Crippen molar-refractivity contribution in [1.29, 1.82) is 0 Å². The fourth-order valence-electron chi connectivity index (χ4n) is 0.993. The third-order valence-corrected chi connectivity index (χ3v) is 1.61. The maximum Gasteiger partial charge on any atom is 0.138 e. The molecular formula is C6H13ClFNO. The molecule has 2 nitrogen and oxygen atoms in total. The molecule has 0 saturated carbocycles. The second-order valence-corrected chi connectivity index (χ2v) is 2.43. The molecule has 0 aromatic carbocycles. The highest BCUT2D eigenvalue weighted by molar-refractivity contribution is 5.85. The summed E-state index contributed by atoms with van der Waals surface area (Å²) in [4.78, 5) is 0. The summed E-state index contributed by atoms with van der Waals surface area (Å²) >= 11 is 0. The Morgan fingerprint density at radius 3 is 2.90 bits per heavy atom. The Morgan fingerprint density at radius 2 is 2.20 bits per heavy atom. The van der Waals surface area contributed by atoms with Crippen molar-refractivity contribution in [2.24, 2.45) is 0 Å². The van der Waals surface area contributed by atoms with Gasteiger partial charge in [-0.3, -0.25) is 0 Å². The van der Waals surface area contributed by atoms with Gasteiger partial charge in [0.1, 0.15) is 6.17 Å². The van der Waals surface area contributed by atoms with E-state index in [9.17, 15) is 4.39 Å². The topological polar surface area (TPSA) is 32.3 Å². The van der Waals surface area contributed by atoms with Gasteiger partial charge in [-0.1, -0.05) is 0 Å². The van der Waals surface area contributed by atoms with Crippen LogP contribution in [0.15, 0.2) is 0 Å². The van der Waals surface area contributed by atoms with Gasteiger partial charge in [0, 0.05) is 6.54 Å². The molecule has 0 amide bonds. The molecule has 1 heterocycles. The van der Waals surface area contributed by atoms with Gasteiger partial charge in [-0.05, 0) is 19.4 Å². The van der Waals surface area contributed by atoms with E-state index < -0.39 is 12.3 Å². The number of hydrogen-bond donors (Lipinski definition) is 2. The van der Waals surface area contributed by atoms with Gasteiger partial charge in [-0.15, -0.1) is 12.4 Å². The van der Waals surface area contributed by atoms with Crippen LogP contribution in [0, 0.1) is 0 Å². The Balaban J connectivity index is 0.000000810. The van der Waals surface area contributed by atoms with E-state index in [1.165, 1.54) is 0 Å². The lowest BCUT2D eigenvalue weighted by Crippen LogP contribution is -2.28. The van der Waals surface area contributed by atoms with Crippen LogP contribution in [-0.4, -0.2) is 30.5 Å². The lowest BCUT2D eigenvalue weighted by atomic mass is 10.1. The van der Waals surface area contributed by atoms with Gasteiger partial charge in [0.05, 0.1) is 6.10 Å². The summed E-state index contributed by atoms with van der Waals surface area (Å²) in [6, 6.07) is 0. The molecule has 1 fully saturated rings. The number of aliphatic hydroxyl groups is 1. The SMILES string of the molecule is Cl.O[C@@H]1CCCNC[C@H]1F. The van der Waals surface area contributed by atoms with Crippen molar-refractivity contribution in [1.82, 2.24) is 5.32 Å². The second kappa shape index (κ2) is 4.88. The molecule has 2 atom stereocenters. The highest BCUT2D eigenvalue weighted by Crippen LogP contribution is 2.07. The quantitative estimate of drug-likeness (QED) is 0.553. The minimum Gasteiger partial charge on any atom is -0.390 e. The van der Waals surface area contributed by atoms with Crippen molar-refractivity contribution >= 4 is 12.4 Å². The molecule has 2 N–H and O–H groups in total. The van der Waals surface area contributed by atoms with E-state index in [1.54, 1.807) is 0 Å². The van der Waals surface area contributed by atoms with Crippen molar-refractivity contribution in [2.75, 3.05) is 13.1 Å². The first kappa shape index (κ1) is 10.1. The summed E-state index contributed by atoms with van der Waals surface area (Å²) in [5.74, 6) is 0. The molecule has 1 rings (SSSR count). The largest absolute Gasteiger partial charge is 0.390 e. The number of aliphatic hydroxyl groups excluding tert-OH is 1. The third kappa shape index (κ3) is 2.82. The summed E-state index contributed by atoms with van der Waals surface area (Å²) in [5.41, 5.74) is 0. The van der Waals surface area contributed by atoms with Gasteiger partial charge >= 0.3 is 0 Å². The van der Waals surface area contributed by atoms with Crippen LogP contribution >= 0.6 is 12.4 Å². The van der Waals surface area contributed by atoms with Crippen LogP contribution in [-0.2, 0) is 0 Å². The molecule has 1 saturated heterocycles. The Bertz CT molecular complexity index is 83.8. The lowest BCUT2D eigenvalue weighted by Gasteiger charge is -2.09. The van der Waals surface area contributed by atoms with Gasteiger partial charge in [-0.2, -0.15) is 0 Å². The molecule has 0 unspecified atom stereocenters. The van der Waals surface area contributed by atoms with E-state index in [0.29, 0.717) is 13.0 Å². The van der Waals surface area contributed by atoms with E-state index in [1.807, 2.05) is 0 Å². The molecule has 10 heavy (non-hydrogen) atoms. The Morgan fingerprint density at radius 1 is 1.50 bits per heavy atom. The first-order valence-electron chi connectivity index (χ1n) is 3.33. The highest BCUT2D eigenvalue weighted by atomic mass is 35.5. The summed E-state index contributed by atoms with van der Waals surface area (Å²) in [7, 11) is 0. The lowest BCUT2D eigenvalue weighted by molar-refractivity contribution is 0.0787. The summed E-state index contributed by atoms with van der Waals surface area (Å²) in [6.45, 7) is 1.14. The van der Waals surface area contributed by atoms with E-state index in [4.69, 9.17) is 5.11 Å². The molecule has 0 aliphatic carbocycles. The van der Waals surface area contributed by atoms with Crippen LogP contribution in [0.3, 0.4) is 0 Å². The monoisotopic (exact) mass is 169 g/mol. The van der Waals surface area contributed by atoms with E-state index >= 15 is 0 Å². The van der Waals surface area contributed by atoms with Crippen molar-refractivity contribution in [3.8, 4) is 0 Å². The van der Waals surface area contributed by atoms with Crippen LogP contribution in [0.1, 0.15) is 12.8 Å². The summed E-state index contributed by atoms with van der Waals surface area (Å²) in [6.07, 6.45) is -0.331. The number of hydrogen-bond acceptors (Lipinski definition) is 2. The maximum absolute atomic E-state index is 12.5. The standard InChI is InChI=1S/C6H12FNO.ClH/c7-5-4-8-3-1-2-6(5)9;/h5-6,8-9H,1-4H2;1H/t5-,6-;/m1./s1. The van der Waals surface area contributed by atoms with Gasteiger partial charge < -0.3 is 10.4 Å². The Kier molecular flexibility index (Phi) is 4.95. The molecule has 0 bridgehead atoms. The molecule has 1 aliphatic heterocycles. The maximum atomic E-state index is 12.5. The Labute approximate surface area is 66.2 Å². The number of rotatable bonds is 0. The number of nitrogens with one attached hydrogen (secondary N) is 1. The molecular weight excluding hydrogens is 157 g/mol. The average Bonchev–Trinajstić information content (AvgIpc) is 1.99.